The normalized spacial score (nSPS) is 13.0. The maximum Gasteiger partial charge on any atom is 0.336 e. The van der Waals surface area contributed by atoms with E-state index in [1.165, 1.54) is 5.56 Å². The predicted octanol–water partition coefficient (Wildman–Crippen LogP) is 6.77. The molecule has 2 atom stereocenters. The second-order valence-corrected chi connectivity index (χ2v) is 11.1. The molecule has 1 unspecified atom stereocenters. The van der Waals surface area contributed by atoms with Crippen LogP contribution >= 0.6 is 24.2 Å². The summed E-state index contributed by atoms with van der Waals surface area (Å²) in [4.78, 5) is 31.3. The summed E-state index contributed by atoms with van der Waals surface area (Å²) < 4.78 is 1.79. The molecular formula is C29H36ClN3O3S. The van der Waals surface area contributed by atoms with Gasteiger partial charge in [-0.2, -0.15) is 12.6 Å². The molecule has 3 rings (SSSR count). The molecule has 1 amide bonds. The number of hydrogen-bond donors (Lipinski definition) is 2. The minimum atomic E-state index is -1.05. The number of imidazole rings is 1. The van der Waals surface area contributed by atoms with Crippen molar-refractivity contribution >= 4 is 36.1 Å². The number of hydrogen-bond acceptors (Lipinski definition) is 4. The van der Waals surface area contributed by atoms with Crippen LogP contribution < -0.4 is 0 Å². The first-order valence-corrected chi connectivity index (χ1v) is 13.5. The molecule has 0 aliphatic rings. The molecule has 3 aromatic rings. The Hall–Kier alpha value is -2.77. The number of thiol groups is 1. The number of carboxylic acids is 1. The van der Waals surface area contributed by atoms with Crippen LogP contribution in [0.3, 0.4) is 0 Å². The van der Waals surface area contributed by atoms with Gasteiger partial charge < -0.3 is 14.6 Å². The Balaban J connectivity index is 2.12. The Kier molecular flexibility index (Phi) is 9.85. The number of aromatic nitrogens is 2. The largest absolute Gasteiger partial charge is 0.478 e. The van der Waals surface area contributed by atoms with Crippen molar-refractivity contribution in [2.75, 3.05) is 7.05 Å². The van der Waals surface area contributed by atoms with Crippen molar-refractivity contribution in [1.82, 2.24) is 14.5 Å². The molecule has 0 aliphatic carbocycles. The first-order valence-electron chi connectivity index (χ1n) is 12.6. The number of rotatable bonds is 11. The molecule has 6 nitrogen and oxygen atoms in total. The highest BCUT2D eigenvalue weighted by Gasteiger charge is 2.26. The molecule has 8 heteroatoms. The molecule has 0 aliphatic heterocycles. The van der Waals surface area contributed by atoms with Crippen LogP contribution in [0.4, 0.5) is 0 Å². The van der Waals surface area contributed by atoms with Crippen LogP contribution in [0.15, 0.2) is 49.1 Å². The SMILES string of the molecule is CCC(C)c1ccc(-c2cc(CN(C)C(=O)[C@@H](S)CC(C)C)c(Cl)c(Cn3ccnc3)c2C(=O)O)cc1. The van der Waals surface area contributed by atoms with Crippen molar-refractivity contribution in [3.05, 3.63) is 76.3 Å². The molecule has 37 heavy (non-hydrogen) atoms. The van der Waals surface area contributed by atoms with Gasteiger partial charge in [-0.15, -0.1) is 0 Å². The highest BCUT2D eigenvalue weighted by atomic mass is 35.5. The van der Waals surface area contributed by atoms with E-state index in [1.54, 1.807) is 41.3 Å². The molecular weight excluding hydrogens is 506 g/mol. The third-order valence-electron chi connectivity index (χ3n) is 6.72. The summed E-state index contributed by atoms with van der Waals surface area (Å²) in [5.41, 5.74) is 3.88. The van der Waals surface area contributed by atoms with E-state index in [0.717, 1.165) is 12.0 Å². The lowest BCUT2D eigenvalue weighted by Crippen LogP contribution is -2.34. The molecule has 1 heterocycles. The smallest absolute Gasteiger partial charge is 0.336 e. The Morgan fingerprint density at radius 2 is 1.86 bits per heavy atom. The van der Waals surface area contributed by atoms with Crippen LogP contribution in [-0.4, -0.2) is 43.7 Å². The number of nitrogens with zero attached hydrogens (tertiary/aromatic N) is 3. The first-order chi connectivity index (χ1) is 17.5. The lowest BCUT2D eigenvalue weighted by molar-refractivity contribution is -0.130. The van der Waals surface area contributed by atoms with Gasteiger partial charge in [-0.25, -0.2) is 9.78 Å². The fraction of sp³-hybridized carbons (Fsp3) is 0.414. The topological polar surface area (TPSA) is 75.4 Å². The van der Waals surface area contributed by atoms with Gasteiger partial charge in [0, 0.05) is 31.5 Å². The summed E-state index contributed by atoms with van der Waals surface area (Å²) in [6.45, 7) is 8.90. The summed E-state index contributed by atoms with van der Waals surface area (Å²) in [7, 11) is 1.73. The molecule has 198 valence electrons. The third kappa shape index (κ3) is 6.96. The van der Waals surface area contributed by atoms with E-state index in [-0.39, 0.29) is 24.6 Å². The quantitative estimate of drug-likeness (QED) is 0.263. The maximum absolute atomic E-state index is 13.0. The van der Waals surface area contributed by atoms with Crippen LogP contribution in [0, 0.1) is 5.92 Å². The summed E-state index contributed by atoms with van der Waals surface area (Å²) in [6, 6.07) is 9.83. The van der Waals surface area contributed by atoms with E-state index in [9.17, 15) is 14.7 Å². The van der Waals surface area contributed by atoms with E-state index >= 15 is 0 Å². The molecule has 0 radical (unpaired) electrons. The lowest BCUT2D eigenvalue weighted by atomic mass is 9.90. The first kappa shape index (κ1) is 28.8. The number of benzene rings is 2. The average molecular weight is 542 g/mol. The number of halogens is 1. The minimum Gasteiger partial charge on any atom is -0.478 e. The molecule has 0 fully saturated rings. The number of amides is 1. The zero-order valence-electron chi connectivity index (χ0n) is 22.1. The molecule has 1 N–H and O–H groups in total. The number of carbonyl (C=O) groups is 2. The van der Waals surface area contributed by atoms with Crippen molar-refractivity contribution in [1.29, 1.82) is 0 Å². The second-order valence-electron chi connectivity index (χ2n) is 10.1. The van der Waals surface area contributed by atoms with Gasteiger partial charge in [0.25, 0.3) is 0 Å². The maximum atomic E-state index is 13.0. The summed E-state index contributed by atoms with van der Waals surface area (Å²) in [6.07, 6.45) is 6.71. The molecule has 0 spiro atoms. The van der Waals surface area contributed by atoms with Gasteiger partial charge in [0.05, 0.1) is 28.7 Å². The van der Waals surface area contributed by atoms with Crippen LogP contribution in [0.5, 0.6) is 0 Å². The van der Waals surface area contributed by atoms with Crippen molar-refractivity contribution in [3.63, 3.8) is 0 Å². The van der Waals surface area contributed by atoms with Crippen LogP contribution in [-0.2, 0) is 17.9 Å². The van der Waals surface area contributed by atoms with Gasteiger partial charge in [0.2, 0.25) is 5.91 Å². The molecule has 0 bridgehead atoms. The standard InChI is InChI=1S/C29H36ClN3O3S/c1-6-19(4)20-7-9-21(10-8-20)23-14-22(15-32(5)28(34)25(37)13-18(2)3)27(30)24(26(23)29(35)36)16-33-12-11-31-17-33/h7-12,14,17-19,25,37H,6,13,15-16H2,1-5H3,(H,35,36)/t19?,25-/m0/s1. The highest BCUT2D eigenvalue weighted by molar-refractivity contribution is 7.81. The number of carboxylic acid groups (broad SMARTS) is 1. The van der Waals surface area contributed by atoms with Crippen LogP contribution in [0.25, 0.3) is 11.1 Å². The van der Waals surface area contributed by atoms with Gasteiger partial charge in [-0.05, 0) is 53.0 Å². The molecule has 0 saturated carbocycles. The van der Waals surface area contributed by atoms with Gasteiger partial charge >= 0.3 is 5.97 Å². The van der Waals surface area contributed by atoms with E-state index in [1.807, 2.05) is 24.3 Å². The van der Waals surface area contributed by atoms with Crippen molar-refractivity contribution in [3.8, 4) is 11.1 Å². The molecule has 2 aromatic carbocycles. The van der Waals surface area contributed by atoms with Gasteiger partial charge in [0.15, 0.2) is 0 Å². The van der Waals surface area contributed by atoms with E-state index in [2.05, 4.69) is 45.3 Å². The fourth-order valence-electron chi connectivity index (χ4n) is 4.44. The summed E-state index contributed by atoms with van der Waals surface area (Å²) >= 11 is 11.4. The van der Waals surface area contributed by atoms with Crippen LogP contribution in [0.1, 0.15) is 73.5 Å². The second kappa shape index (κ2) is 12.7. The van der Waals surface area contributed by atoms with Gasteiger partial charge in [0.1, 0.15) is 0 Å². The molecule has 1 aromatic heterocycles. The van der Waals surface area contributed by atoms with E-state index < -0.39 is 11.2 Å². The Morgan fingerprint density at radius 3 is 2.41 bits per heavy atom. The summed E-state index contributed by atoms with van der Waals surface area (Å²) in [5.74, 6) is -0.400. The predicted molar refractivity (Wildman–Crippen MR) is 153 cm³/mol. The van der Waals surface area contributed by atoms with Gasteiger partial charge in [-0.3, -0.25) is 4.79 Å². The molecule has 0 saturated heterocycles. The fourth-order valence-corrected chi connectivity index (χ4v) is 5.32. The van der Waals surface area contributed by atoms with Gasteiger partial charge in [-0.1, -0.05) is 63.6 Å². The third-order valence-corrected chi connectivity index (χ3v) is 7.62. The average Bonchev–Trinajstić information content (AvgIpc) is 3.37. The Morgan fingerprint density at radius 1 is 1.19 bits per heavy atom. The van der Waals surface area contributed by atoms with Crippen molar-refractivity contribution < 1.29 is 14.7 Å². The van der Waals surface area contributed by atoms with E-state index in [0.29, 0.717) is 40.0 Å². The van der Waals surface area contributed by atoms with Crippen molar-refractivity contribution in [2.24, 2.45) is 5.92 Å². The summed E-state index contributed by atoms with van der Waals surface area (Å²) in [5, 5.41) is 10.2. The Bertz CT molecular complexity index is 1230. The minimum absolute atomic E-state index is 0.0916. The Labute approximate surface area is 230 Å². The van der Waals surface area contributed by atoms with Crippen molar-refractivity contribution in [2.45, 2.75) is 64.8 Å². The van der Waals surface area contributed by atoms with E-state index in [4.69, 9.17) is 11.6 Å². The monoisotopic (exact) mass is 541 g/mol. The zero-order chi connectivity index (χ0) is 27.3. The number of aromatic carboxylic acids is 1. The van der Waals surface area contributed by atoms with Crippen LogP contribution in [0.2, 0.25) is 5.02 Å². The highest BCUT2D eigenvalue weighted by Crippen LogP contribution is 2.36. The lowest BCUT2D eigenvalue weighted by Gasteiger charge is -2.24. The zero-order valence-corrected chi connectivity index (χ0v) is 23.8. The number of carbonyl (C=O) groups excluding carboxylic acids is 1.